The molecule has 0 bridgehead atoms. The minimum Gasteiger partial charge on any atom is -0.466 e. The molecule has 182 valence electrons. The first-order chi connectivity index (χ1) is 16.4. The first-order valence-electron chi connectivity index (χ1n) is 11.8. The highest BCUT2D eigenvalue weighted by molar-refractivity contribution is 7.17. The molecule has 0 spiro atoms. The van der Waals surface area contributed by atoms with E-state index >= 15 is 0 Å². The van der Waals surface area contributed by atoms with E-state index in [2.05, 4.69) is 10.6 Å². The number of esters is 1. The largest absolute Gasteiger partial charge is 0.466 e. The molecule has 2 aromatic rings. The van der Waals surface area contributed by atoms with E-state index in [1.54, 1.807) is 31.2 Å². The number of hydrogen-bond donors (Lipinski definition) is 2. The van der Waals surface area contributed by atoms with Crippen LogP contribution in [0.15, 0.2) is 24.3 Å². The van der Waals surface area contributed by atoms with Crippen molar-refractivity contribution in [2.75, 3.05) is 36.9 Å². The third kappa shape index (κ3) is 5.98. The van der Waals surface area contributed by atoms with Gasteiger partial charge in [0, 0.05) is 22.1 Å². The van der Waals surface area contributed by atoms with Crippen molar-refractivity contribution in [3.8, 4) is 0 Å². The number of aryl methyl sites for hydroxylation is 1. The third-order valence-electron chi connectivity index (χ3n) is 6.25. The zero-order valence-corrected chi connectivity index (χ0v) is 20.9. The maximum Gasteiger partial charge on any atom is 0.310 e. The first-order valence-corrected chi connectivity index (χ1v) is 13.0. The van der Waals surface area contributed by atoms with Gasteiger partial charge in [0.05, 0.1) is 24.6 Å². The Hall–Kier alpha value is -2.42. The van der Waals surface area contributed by atoms with Gasteiger partial charge in [0.15, 0.2) is 0 Å². The molecule has 1 aromatic heterocycles. The molecule has 2 aliphatic rings. The fourth-order valence-corrected chi connectivity index (χ4v) is 6.07. The minimum atomic E-state index is -0.225. The van der Waals surface area contributed by atoms with E-state index in [1.807, 2.05) is 4.90 Å². The highest BCUT2D eigenvalue weighted by Gasteiger charge is 2.29. The topological polar surface area (TPSA) is 87.7 Å². The predicted molar refractivity (Wildman–Crippen MR) is 135 cm³/mol. The number of likely N-dealkylation sites (tertiary alicyclic amines) is 1. The van der Waals surface area contributed by atoms with Crippen LogP contribution in [-0.2, 0) is 27.2 Å². The van der Waals surface area contributed by atoms with Crippen LogP contribution in [0.3, 0.4) is 0 Å². The van der Waals surface area contributed by atoms with E-state index in [1.165, 1.54) is 16.2 Å². The summed E-state index contributed by atoms with van der Waals surface area (Å²) in [7, 11) is 0. The lowest BCUT2D eigenvalue weighted by molar-refractivity contribution is -0.150. The Morgan fingerprint density at radius 2 is 1.88 bits per heavy atom. The van der Waals surface area contributed by atoms with Gasteiger partial charge in [-0.15, -0.1) is 11.3 Å². The van der Waals surface area contributed by atoms with Gasteiger partial charge in [-0.2, -0.15) is 0 Å². The number of carbonyl (C=O) groups is 3. The molecule has 1 atom stereocenters. The molecule has 2 heterocycles. The van der Waals surface area contributed by atoms with Gasteiger partial charge < -0.3 is 15.4 Å². The van der Waals surface area contributed by atoms with E-state index in [-0.39, 0.29) is 30.2 Å². The zero-order chi connectivity index (χ0) is 24.1. The van der Waals surface area contributed by atoms with Crippen LogP contribution in [0.4, 0.5) is 10.7 Å². The number of nitrogens with zero attached hydrogens (tertiary/aromatic N) is 1. The quantitative estimate of drug-likeness (QED) is 0.532. The second-order valence-corrected chi connectivity index (χ2v) is 10.3. The molecular formula is C25H30ClN3O4S. The van der Waals surface area contributed by atoms with Gasteiger partial charge in [-0.3, -0.25) is 19.3 Å². The standard InChI is InChI=1S/C25H30ClN3O4S/c1-2-33-25(32)16-6-5-13-29(14-16)15-21(30)28-24-22(19-7-3-4-8-20(19)34-24)23(31)27-18-11-9-17(26)10-12-18/h9-12,16H,2-8,13-15H2,1H3,(H,27,31)(H,28,30). The molecule has 1 aliphatic heterocycles. The molecule has 34 heavy (non-hydrogen) atoms. The summed E-state index contributed by atoms with van der Waals surface area (Å²) in [5.41, 5.74) is 2.25. The fraction of sp³-hybridized carbons (Fsp3) is 0.480. The van der Waals surface area contributed by atoms with Crippen LogP contribution >= 0.6 is 22.9 Å². The van der Waals surface area contributed by atoms with E-state index in [0.29, 0.717) is 34.4 Å². The van der Waals surface area contributed by atoms with Crippen LogP contribution in [0.25, 0.3) is 0 Å². The van der Waals surface area contributed by atoms with Crippen LogP contribution in [0.2, 0.25) is 5.02 Å². The smallest absolute Gasteiger partial charge is 0.310 e. The lowest BCUT2D eigenvalue weighted by atomic mass is 9.95. The Morgan fingerprint density at radius 3 is 2.65 bits per heavy atom. The van der Waals surface area contributed by atoms with Crippen molar-refractivity contribution in [2.24, 2.45) is 5.92 Å². The zero-order valence-electron chi connectivity index (χ0n) is 19.3. The Bertz CT molecular complexity index is 1050. The summed E-state index contributed by atoms with van der Waals surface area (Å²) in [6.45, 7) is 3.61. The van der Waals surface area contributed by atoms with Crippen LogP contribution in [0.1, 0.15) is 53.4 Å². The molecule has 7 nitrogen and oxygen atoms in total. The normalized spacial score (nSPS) is 18.1. The van der Waals surface area contributed by atoms with Crippen molar-refractivity contribution in [3.05, 3.63) is 45.3 Å². The maximum atomic E-state index is 13.3. The van der Waals surface area contributed by atoms with Gasteiger partial charge in [-0.05, 0) is 81.8 Å². The van der Waals surface area contributed by atoms with E-state index in [4.69, 9.17) is 16.3 Å². The van der Waals surface area contributed by atoms with Crippen LogP contribution in [-0.4, -0.2) is 48.9 Å². The summed E-state index contributed by atoms with van der Waals surface area (Å²) in [6.07, 6.45) is 5.49. The maximum absolute atomic E-state index is 13.3. The first kappa shape index (κ1) is 24.7. The number of amides is 2. The van der Waals surface area contributed by atoms with Crippen LogP contribution < -0.4 is 10.6 Å². The molecule has 0 radical (unpaired) electrons. The number of rotatable bonds is 7. The summed E-state index contributed by atoms with van der Waals surface area (Å²) in [4.78, 5) is 41.5. The number of hydrogen-bond acceptors (Lipinski definition) is 6. The monoisotopic (exact) mass is 503 g/mol. The van der Waals surface area contributed by atoms with Gasteiger partial charge in [-0.25, -0.2) is 0 Å². The van der Waals surface area contributed by atoms with Crippen molar-refractivity contribution in [1.29, 1.82) is 0 Å². The lowest BCUT2D eigenvalue weighted by Crippen LogP contribution is -2.43. The molecule has 2 N–H and O–H groups in total. The number of nitrogens with one attached hydrogen (secondary N) is 2. The molecular weight excluding hydrogens is 474 g/mol. The Balaban J connectivity index is 1.46. The number of fused-ring (bicyclic) bond motifs is 1. The van der Waals surface area contributed by atoms with Gasteiger partial charge in [0.25, 0.3) is 5.91 Å². The number of benzene rings is 1. The number of piperidine rings is 1. The molecule has 1 unspecified atom stereocenters. The number of ether oxygens (including phenoxy) is 1. The van der Waals surface area contributed by atoms with Gasteiger partial charge in [0.1, 0.15) is 5.00 Å². The second kappa shape index (κ2) is 11.3. The van der Waals surface area contributed by atoms with Crippen molar-refractivity contribution >= 4 is 51.4 Å². The Labute approximate surface area is 208 Å². The van der Waals surface area contributed by atoms with Gasteiger partial charge >= 0.3 is 5.97 Å². The average molecular weight is 504 g/mol. The molecule has 1 aromatic carbocycles. The molecule has 4 rings (SSSR count). The molecule has 0 saturated carbocycles. The number of thiophene rings is 1. The second-order valence-electron chi connectivity index (χ2n) is 8.75. The number of halogens is 1. The summed E-state index contributed by atoms with van der Waals surface area (Å²) in [6, 6.07) is 6.97. The minimum absolute atomic E-state index is 0.177. The average Bonchev–Trinajstić information content (AvgIpc) is 3.18. The highest BCUT2D eigenvalue weighted by atomic mass is 35.5. The van der Waals surface area contributed by atoms with Crippen molar-refractivity contribution < 1.29 is 19.1 Å². The predicted octanol–water partition coefficient (Wildman–Crippen LogP) is 4.75. The van der Waals surface area contributed by atoms with Gasteiger partial charge in [-0.1, -0.05) is 11.6 Å². The number of anilines is 2. The Morgan fingerprint density at radius 1 is 1.12 bits per heavy atom. The van der Waals surface area contributed by atoms with Crippen molar-refractivity contribution in [1.82, 2.24) is 4.90 Å². The number of carbonyl (C=O) groups excluding carboxylic acids is 3. The van der Waals surface area contributed by atoms with E-state index < -0.39 is 0 Å². The summed E-state index contributed by atoms with van der Waals surface area (Å²) in [5.74, 6) is -0.794. The SMILES string of the molecule is CCOC(=O)C1CCCN(CC(=O)Nc2sc3c(c2C(=O)Nc2ccc(Cl)cc2)CCCC3)C1. The summed E-state index contributed by atoms with van der Waals surface area (Å²) >= 11 is 7.46. The van der Waals surface area contributed by atoms with Crippen LogP contribution in [0.5, 0.6) is 0 Å². The highest BCUT2D eigenvalue weighted by Crippen LogP contribution is 2.38. The Kier molecular flexibility index (Phi) is 8.24. The summed E-state index contributed by atoms with van der Waals surface area (Å²) in [5, 5.41) is 7.14. The lowest BCUT2D eigenvalue weighted by Gasteiger charge is -2.30. The van der Waals surface area contributed by atoms with Crippen LogP contribution in [0, 0.1) is 5.92 Å². The molecule has 1 aliphatic carbocycles. The molecule has 1 fully saturated rings. The third-order valence-corrected chi connectivity index (χ3v) is 7.71. The fourth-order valence-electron chi connectivity index (χ4n) is 4.64. The van der Waals surface area contributed by atoms with Crippen molar-refractivity contribution in [3.63, 3.8) is 0 Å². The van der Waals surface area contributed by atoms with Crippen molar-refractivity contribution in [2.45, 2.75) is 45.4 Å². The summed E-state index contributed by atoms with van der Waals surface area (Å²) < 4.78 is 5.16. The molecule has 9 heteroatoms. The molecule has 2 amide bonds. The molecule has 1 saturated heterocycles. The van der Waals surface area contributed by atoms with E-state index in [0.717, 1.165) is 50.6 Å². The van der Waals surface area contributed by atoms with Gasteiger partial charge in [0.2, 0.25) is 5.91 Å². The van der Waals surface area contributed by atoms with E-state index in [9.17, 15) is 14.4 Å².